The molecule has 112 valence electrons. The van der Waals surface area contributed by atoms with Crippen LogP contribution < -0.4 is 4.72 Å². The van der Waals surface area contributed by atoms with E-state index in [1.165, 1.54) is 5.38 Å². The summed E-state index contributed by atoms with van der Waals surface area (Å²) in [6, 6.07) is 2.69. The van der Waals surface area contributed by atoms with Crippen molar-refractivity contribution in [3.8, 4) is 0 Å². The summed E-state index contributed by atoms with van der Waals surface area (Å²) in [6.45, 7) is -0.367. The van der Waals surface area contributed by atoms with E-state index in [1.54, 1.807) is 0 Å². The maximum absolute atomic E-state index is 13.4. The predicted octanol–water partition coefficient (Wildman–Crippen LogP) is 1.60. The van der Waals surface area contributed by atoms with Crippen LogP contribution in [0.2, 0.25) is 0 Å². The molecular weight excluding hydrogens is 326 g/mol. The average molecular weight is 334 g/mol. The molecule has 6 nitrogen and oxygen atoms in total. The first-order valence-corrected chi connectivity index (χ1v) is 7.79. The van der Waals surface area contributed by atoms with Gasteiger partial charge in [0.05, 0.1) is 6.54 Å². The largest absolute Gasteiger partial charge is 0.476 e. The molecule has 0 atom stereocenters. The van der Waals surface area contributed by atoms with Gasteiger partial charge in [-0.15, -0.1) is 11.3 Å². The monoisotopic (exact) mass is 334 g/mol. The molecule has 10 heteroatoms. The smallest absolute Gasteiger partial charge is 0.355 e. The van der Waals surface area contributed by atoms with E-state index in [0.717, 1.165) is 29.5 Å². The fourth-order valence-electron chi connectivity index (χ4n) is 1.46. The second-order valence-electron chi connectivity index (χ2n) is 3.81. The van der Waals surface area contributed by atoms with Crippen LogP contribution >= 0.6 is 11.3 Å². The molecule has 0 aliphatic heterocycles. The number of hydrogen-bond acceptors (Lipinski definition) is 5. The lowest BCUT2D eigenvalue weighted by atomic mass is 10.3. The zero-order valence-corrected chi connectivity index (χ0v) is 11.8. The summed E-state index contributed by atoms with van der Waals surface area (Å²) in [6.07, 6.45) is 0. The van der Waals surface area contributed by atoms with Gasteiger partial charge in [-0.2, -0.15) is 0 Å². The second kappa shape index (κ2) is 5.84. The first kappa shape index (κ1) is 15.5. The number of aromatic nitrogens is 1. The van der Waals surface area contributed by atoms with Crippen LogP contribution in [0.3, 0.4) is 0 Å². The van der Waals surface area contributed by atoms with Crippen molar-refractivity contribution in [1.82, 2.24) is 9.71 Å². The van der Waals surface area contributed by atoms with Crippen molar-refractivity contribution in [3.63, 3.8) is 0 Å². The van der Waals surface area contributed by atoms with Crippen LogP contribution in [-0.4, -0.2) is 24.5 Å². The van der Waals surface area contributed by atoms with Gasteiger partial charge < -0.3 is 5.11 Å². The third-order valence-corrected chi connectivity index (χ3v) is 4.67. The number of carbonyl (C=O) groups is 1. The Morgan fingerprint density at radius 1 is 1.33 bits per heavy atom. The third kappa shape index (κ3) is 3.40. The molecule has 2 N–H and O–H groups in total. The number of carboxylic acid groups (broad SMARTS) is 1. The van der Waals surface area contributed by atoms with E-state index < -0.39 is 32.5 Å². The standard InChI is InChI=1S/C11H8F2N2O4S2/c12-6-2-1-3-7(13)10(6)21(18,19)14-4-9-15-8(5-20-9)11(16)17/h1-3,5,14H,4H2,(H,16,17). The molecule has 1 aromatic heterocycles. The SMILES string of the molecule is O=C(O)c1csc(CNS(=O)(=O)c2c(F)cccc2F)n1. The molecule has 0 amide bonds. The lowest BCUT2D eigenvalue weighted by molar-refractivity contribution is 0.0691. The Kier molecular flexibility index (Phi) is 4.30. The Labute approximate surface area is 122 Å². The maximum atomic E-state index is 13.4. The van der Waals surface area contributed by atoms with E-state index in [9.17, 15) is 22.0 Å². The first-order valence-electron chi connectivity index (χ1n) is 5.42. The summed E-state index contributed by atoms with van der Waals surface area (Å²) < 4.78 is 52.6. The number of benzene rings is 1. The zero-order chi connectivity index (χ0) is 15.6. The van der Waals surface area contributed by atoms with Crippen molar-refractivity contribution < 1.29 is 27.1 Å². The minimum absolute atomic E-state index is 0.160. The molecule has 0 spiro atoms. The molecule has 0 bridgehead atoms. The number of aromatic carboxylic acids is 1. The van der Waals surface area contributed by atoms with Gasteiger partial charge in [0.25, 0.3) is 0 Å². The van der Waals surface area contributed by atoms with Crippen LogP contribution in [0.4, 0.5) is 8.78 Å². The van der Waals surface area contributed by atoms with E-state index in [1.807, 2.05) is 4.72 Å². The lowest BCUT2D eigenvalue weighted by Gasteiger charge is -2.07. The molecule has 2 aromatic rings. The van der Waals surface area contributed by atoms with Crippen molar-refractivity contribution in [2.75, 3.05) is 0 Å². The quantitative estimate of drug-likeness (QED) is 0.866. The van der Waals surface area contributed by atoms with Crippen LogP contribution in [0.5, 0.6) is 0 Å². The normalized spacial score (nSPS) is 11.5. The molecule has 0 unspecified atom stereocenters. The molecular formula is C11H8F2N2O4S2. The highest BCUT2D eigenvalue weighted by molar-refractivity contribution is 7.89. The van der Waals surface area contributed by atoms with Crippen LogP contribution in [-0.2, 0) is 16.6 Å². The molecule has 0 saturated carbocycles. The van der Waals surface area contributed by atoms with Crippen LogP contribution in [0.1, 0.15) is 15.5 Å². The van der Waals surface area contributed by atoms with E-state index in [-0.39, 0.29) is 17.2 Å². The number of sulfonamides is 1. The molecule has 0 fully saturated rings. The van der Waals surface area contributed by atoms with E-state index >= 15 is 0 Å². The summed E-state index contributed by atoms with van der Waals surface area (Å²) in [7, 11) is -4.41. The van der Waals surface area contributed by atoms with E-state index in [2.05, 4.69) is 4.98 Å². The molecule has 0 radical (unpaired) electrons. The minimum Gasteiger partial charge on any atom is -0.476 e. The summed E-state index contributed by atoms with van der Waals surface area (Å²) in [5.74, 6) is -3.68. The Morgan fingerprint density at radius 3 is 2.48 bits per heavy atom. The molecule has 0 saturated heterocycles. The summed E-state index contributed by atoms with van der Waals surface area (Å²) in [4.78, 5) is 13.2. The zero-order valence-electron chi connectivity index (χ0n) is 10.2. The number of thiazole rings is 1. The highest BCUT2D eigenvalue weighted by atomic mass is 32.2. The van der Waals surface area contributed by atoms with Crippen molar-refractivity contribution in [1.29, 1.82) is 0 Å². The fourth-order valence-corrected chi connectivity index (χ4v) is 3.38. The fraction of sp³-hybridized carbons (Fsp3) is 0.0909. The summed E-state index contributed by atoms with van der Waals surface area (Å²) in [5, 5.41) is 10.1. The van der Waals surface area contributed by atoms with Gasteiger partial charge in [-0.3, -0.25) is 0 Å². The number of nitrogens with zero attached hydrogens (tertiary/aromatic N) is 1. The minimum atomic E-state index is -4.41. The van der Waals surface area contributed by atoms with Gasteiger partial charge in [-0.05, 0) is 12.1 Å². The van der Waals surface area contributed by atoms with Crippen molar-refractivity contribution in [2.24, 2.45) is 0 Å². The molecule has 0 aliphatic rings. The highest BCUT2D eigenvalue weighted by Gasteiger charge is 2.23. The topological polar surface area (TPSA) is 96.4 Å². The van der Waals surface area contributed by atoms with Gasteiger partial charge in [0.15, 0.2) is 10.6 Å². The van der Waals surface area contributed by atoms with Crippen LogP contribution in [0, 0.1) is 11.6 Å². The van der Waals surface area contributed by atoms with Gasteiger partial charge >= 0.3 is 5.97 Å². The molecule has 0 aliphatic carbocycles. The second-order valence-corrected chi connectivity index (χ2v) is 6.45. The maximum Gasteiger partial charge on any atom is 0.355 e. The molecule has 2 rings (SSSR count). The number of carboxylic acids is 1. The highest BCUT2D eigenvalue weighted by Crippen LogP contribution is 2.19. The van der Waals surface area contributed by atoms with Crippen LogP contribution in [0.25, 0.3) is 0 Å². The number of hydrogen-bond donors (Lipinski definition) is 2. The predicted molar refractivity (Wildman–Crippen MR) is 69.5 cm³/mol. The van der Waals surface area contributed by atoms with Crippen molar-refractivity contribution in [2.45, 2.75) is 11.4 Å². The molecule has 1 aromatic carbocycles. The lowest BCUT2D eigenvalue weighted by Crippen LogP contribution is -2.25. The third-order valence-electron chi connectivity index (χ3n) is 2.37. The van der Waals surface area contributed by atoms with E-state index in [0.29, 0.717) is 0 Å². The van der Waals surface area contributed by atoms with Gasteiger partial charge in [-0.1, -0.05) is 6.07 Å². The number of halogens is 2. The summed E-state index contributed by atoms with van der Waals surface area (Å²) in [5.41, 5.74) is -0.230. The summed E-state index contributed by atoms with van der Waals surface area (Å²) >= 11 is 0.916. The van der Waals surface area contributed by atoms with Crippen molar-refractivity contribution >= 4 is 27.3 Å². The number of nitrogens with one attached hydrogen (secondary N) is 1. The Morgan fingerprint density at radius 2 is 1.95 bits per heavy atom. The Balaban J connectivity index is 2.20. The average Bonchev–Trinajstić information content (AvgIpc) is 2.85. The first-order chi connectivity index (χ1) is 9.81. The van der Waals surface area contributed by atoms with E-state index in [4.69, 9.17) is 5.11 Å². The molecule has 1 heterocycles. The van der Waals surface area contributed by atoms with Gasteiger partial charge in [0, 0.05) is 5.38 Å². The van der Waals surface area contributed by atoms with Crippen LogP contribution in [0.15, 0.2) is 28.5 Å². The number of rotatable bonds is 5. The Hall–Kier alpha value is -1.91. The van der Waals surface area contributed by atoms with Gasteiger partial charge in [-0.25, -0.2) is 31.7 Å². The van der Waals surface area contributed by atoms with Gasteiger partial charge in [0.2, 0.25) is 10.0 Å². The molecule has 21 heavy (non-hydrogen) atoms. The Bertz CT molecular complexity index is 769. The van der Waals surface area contributed by atoms with Crippen molar-refractivity contribution in [3.05, 3.63) is 45.9 Å². The van der Waals surface area contributed by atoms with Gasteiger partial charge in [0.1, 0.15) is 16.6 Å².